The number of rotatable bonds is 5. The lowest BCUT2D eigenvalue weighted by Gasteiger charge is -2.03. The maximum atomic E-state index is 11.3. The van der Waals surface area contributed by atoms with E-state index >= 15 is 0 Å². The van der Waals surface area contributed by atoms with Gasteiger partial charge in [0.05, 0.1) is 5.75 Å². The number of amides is 1. The molecule has 0 aliphatic carbocycles. The summed E-state index contributed by atoms with van der Waals surface area (Å²) in [7, 11) is 0. The smallest absolute Gasteiger partial charge is 0.328 e. The molecule has 1 aromatic heterocycles. The molecule has 0 spiro atoms. The Labute approximate surface area is 103 Å². The zero-order valence-corrected chi connectivity index (χ0v) is 10.0. The molecule has 0 bridgehead atoms. The molecule has 5 nitrogen and oxygen atoms in total. The molecule has 1 amide bonds. The van der Waals surface area contributed by atoms with Crippen LogP contribution in [0.15, 0.2) is 24.4 Å². The first-order valence-corrected chi connectivity index (χ1v) is 6.17. The van der Waals surface area contributed by atoms with Gasteiger partial charge in [-0.25, -0.2) is 9.78 Å². The molecule has 0 aliphatic heterocycles. The first kappa shape index (κ1) is 13.2. The lowest BCUT2D eigenvalue weighted by Crippen LogP contribution is -2.14. The van der Waals surface area contributed by atoms with Crippen molar-refractivity contribution in [2.75, 3.05) is 17.3 Å². The zero-order chi connectivity index (χ0) is 12.7. The van der Waals surface area contributed by atoms with E-state index in [1.807, 2.05) is 6.26 Å². The number of nitrogens with zero attached hydrogens (tertiary/aromatic N) is 1. The fourth-order valence-electron chi connectivity index (χ4n) is 1.10. The van der Waals surface area contributed by atoms with E-state index in [0.717, 1.165) is 6.08 Å². The van der Waals surface area contributed by atoms with E-state index in [9.17, 15) is 9.59 Å². The van der Waals surface area contributed by atoms with Crippen LogP contribution < -0.4 is 5.32 Å². The minimum atomic E-state index is -1.02. The lowest BCUT2D eigenvalue weighted by atomic mass is 10.2. The van der Waals surface area contributed by atoms with Gasteiger partial charge in [-0.15, -0.1) is 0 Å². The SMILES string of the molecule is CSCC(=O)Nc1cc(/C=C/C(=O)O)ccn1. The Morgan fingerprint density at radius 1 is 1.59 bits per heavy atom. The predicted molar refractivity (Wildman–Crippen MR) is 67.9 cm³/mol. The Morgan fingerprint density at radius 3 is 3.00 bits per heavy atom. The van der Waals surface area contributed by atoms with Crippen LogP contribution in [-0.2, 0) is 9.59 Å². The van der Waals surface area contributed by atoms with Crippen LogP contribution in [0.4, 0.5) is 5.82 Å². The van der Waals surface area contributed by atoms with Gasteiger partial charge in [-0.2, -0.15) is 11.8 Å². The Bertz CT molecular complexity index is 446. The van der Waals surface area contributed by atoms with Crippen molar-refractivity contribution in [3.8, 4) is 0 Å². The normalized spacial score (nSPS) is 10.4. The summed E-state index contributed by atoms with van der Waals surface area (Å²) in [4.78, 5) is 25.6. The van der Waals surface area contributed by atoms with Crippen molar-refractivity contribution in [1.82, 2.24) is 4.98 Å². The number of hydrogen-bond donors (Lipinski definition) is 2. The standard InChI is InChI=1S/C11H12N2O3S/c1-17-7-10(14)13-9-6-8(4-5-12-9)2-3-11(15)16/h2-6H,7H2,1H3,(H,15,16)(H,12,13,14)/b3-2+. The molecule has 1 heterocycles. The van der Waals surface area contributed by atoms with Gasteiger partial charge in [-0.3, -0.25) is 4.79 Å². The van der Waals surface area contributed by atoms with Crippen LogP contribution in [0, 0.1) is 0 Å². The van der Waals surface area contributed by atoms with Crippen molar-refractivity contribution in [2.45, 2.75) is 0 Å². The molecule has 0 aromatic carbocycles. The zero-order valence-electron chi connectivity index (χ0n) is 9.21. The molecule has 0 fully saturated rings. The van der Waals surface area contributed by atoms with Gasteiger partial charge in [0.2, 0.25) is 5.91 Å². The molecule has 1 aromatic rings. The van der Waals surface area contributed by atoms with Crippen LogP contribution in [0.25, 0.3) is 6.08 Å². The molecule has 6 heteroatoms. The molecule has 0 atom stereocenters. The Morgan fingerprint density at radius 2 is 2.35 bits per heavy atom. The van der Waals surface area contributed by atoms with Gasteiger partial charge in [-0.05, 0) is 30.0 Å². The molecule has 0 unspecified atom stereocenters. The number of carbonyl (C=O) groups is 2. The van der Waals surface area contributed by atoms with Gasteiger partial charge in [0.1, 0.15) is 5.82 Å². The monoisotopic (exact) mass is 252 g/mol. The highest BCUT2D eigenvalue weighted by molar-refractivity contribution is 7.99. The van der Waals surface area contributed by atoms with Crippen LogP contribution in [-0.4, -0.2) is 34.0 Å². The number of carboxylic acid groups (broad SMARTS) is 1. The van der Waals surface area contributed by atoms with Gasteiger partial charge in [0, 0.05) is 12.3 Å². The van der Waals surface area contributed by atoms with E-state index < -0.39 is 5.97 Å². The van der Waals surface area contributed by atoms with Crippen molar-refractivity contribution in [3.63, 3.8) is 0 Å². The highest BCUT2D eigenvalue weighted by Gasteiger charge is 2.02. The highest BCUT2D eigenvalue weighted by Crippen LogP contribution is 2.09. The van der Waals surface area contributed by atoms with Crippen LogP contribution in [0.5, 0.6) is 0 Å². The second-order valence-corrected chi connectivity index (χ2v) is 3.99. The Balaban J connectivity index is 2.72. The number of pyridine rings is 1. The Kier molecular flexibility index (Phi) is 5.22. The molecule has 0 saturated carbocycles. The summed E-state index contributed by atoms with van der Waals surface area (Å²) in [5.41, 5.74) is 0.668. The number of carboxylic acids is 1. The van der Waals surface area contributed by atoms with Crippen molar-refractivity contribution in [2.24, 2.45) is 0 Å². The van der Waals surface area contributed by atoms with E-state index in [-0.39, 0.29) is 5.91 Å². The first-order valence-electron chi connectivity index (χ1n) is 4.77. The summed E-state index contributed by atoms with van der Waals surface area (Å²) in [6.07, 6.45) is 5.81. The topological polar surface area (TPSA) is 79.3 Å². The van der Waals surface area contributed by atoms with E-state index in [1.165, 1.54) is 24.0 Å². The van der Waals surface area contributed by atoms with Crippen LogP contribution in [0.2, 0.25) is 0 Å². The van der Waals surface area contributed by atoms with Crippen molar-refractivity contribution >= 4 is 35.5 Å². The quantitative estimate of drug-likeness (QED) is 0.776. The van der Waals surface area contributed by atoms with Gasteiger partial charge in [0.15, 0.2) is 0 Å². The second-order valence-electron chi connectivity index (χ2n) is 3.13. The lowest BCUT2D eigenvalue weighted by molar-refractivity contribution is -0.131. The van der Waals surface area contributed by atoms with E-state index in [0.29, 0.717) is 17.1 Å². The van der Waals surface area contributed by atoms with Crippen molar-refractivity contribution in [3.05, 3.63) is 30.0 Å². The van der Waals surface area contributed by atoms with Crippen LogP contribution >= 0.6 is 11.8 Å². The second kappa shape index (κ2) is 6.70. The summed E-state index contributed by atoms with van der Waals surface area (Å²) in [5.74, 6) is -0.382. The average Bonchev–Trinajstić information content (AvgIpc) is 2.27. The summed E-state index contributed by atoms with van der Waals surface area (Å²) < 4.78 is 0. The van der Waals surface area contributed by atoms with Crippen molar-refractivity contribution in [1.29, 1.82) is 0 Å². The first-order chi connectivity index (χ1) is 8.11. The number of thioether (sulfide) groups is 1. The van der Waals surface area contributed by atoms with Gasteiger partial charge < -0.3 is 10.4 Å². The summed E-state index contributed by atoms with van der Waals surface area (Å²) >= 11 is 1.42. The van der Waals surface area contributed by atoms with Crippen LogP contribution in [0.3, 0.4) is 0 Å². The maximum absolute atomic E-state index is 11.3. The largest absolute Gasteiger partial charge is 0.478 e. The number of anilines is 1. The minimum absolute atomic E-state index is 0.135. The predicted octanol–water partition coefficient (Wildman–Crippen LogP) is 1.48. The number of nitrogens with one attached hydrogen (secondary N) is 1. The molecule has 1 rings (SSSR count). The fourth-order valence-corrected chi connectivity index (χ4v) is 1.43. The van der Waals surface area contributed by atoms with Gasteiger partial charge in [0.25, 0.3) is 0 Å². The molecular formula is C11H12N2O3S. The third-order valence-electron chi connectivity index (χ3n) is 1.75. The number of hydrogen-bond acceptors (Lipinski definition) is 4. The molecule has 0 saturated heterocycles. The number of aliphatic carboxylic acids is 1. The Hall–Kier alpha value is -1.82. The maximum Gasteiger partial charge on any atom is 0.328 e. The number of carbonyl (C=O) groups excluding carboxylic acids is 1. The van der Waals surface area contributed by atoms with Gasteiger partial charge >= 0.3 is 5.97 Å². The molecule has 0 aliphatic rings. The number of aromatic nitrogens is 1. The molecular weight excluding hydrogens is 240 g/mol. The third-order valence-corrected chi connectivity index (χ3v) is 2.30. The average molecular weight is 252 g/mol. The van der Waals surface area contributed by atoms with Gasteiger partial charge in [-0.1, -0.05) is 0 Å². The minimum Gasteiger partial charge on any atom is -0.478 e. The van der Waals surface area contributed by atoms with E-state index in [4.69, 9.17) is 5.11 Å². The third kappa shape index (κ3) is 5.17. The highest BCUT2D eigenvalue weighted by atomic mass is 32.2. The summed E-state index contributed by atoms with van der Waals surface area (Å²) in [6.45, 7) is 0. The van der Waals surface area contributed by atoms with E-state index in [2.05, 4.69) is 10.3 Å². The molecule has 2 N–H and O–H groups in total. The summed E-state index contributed by atoms with van der Waals surface area (Å²) in [5, 5.41) is 11.1. The molecule has 90 valence electrons. The molecule has 17 heavy (non-hydrogen) atoms. The summed E-state index contributed by atoms with van der Waals surface area (Å²) in [6, 6.07) is 3.27. The van der Waals surface area contributed by atoms with Crippen LogP contribution in [0.1, 0.15) is 5.56 Å². The van der Waals surface area contributed by atoms with Crippen molar-refractivity contribution < 1.29 is 14.7 Å². The van der Waals surface area contributed by atoms with E-state index in [1.54, 1.807) is 12.1 Å². The fraction of sp³-hybridized carbons (Fsp3) is 0.182. The molecule has 0 radical (unpaired) electrons.